The molecule has 8 aromatic rings. The van der Waals surface area contributed by atoms with Crippen molar-refractivity contribution < 1.29 is 42.7 Å². The molecule has 2 fully saturated rings. The first-order chi connectivity index (χ1) is 39.3. The van der Waals surface area contributed by atoms with Gasteiger partial charge < -0.3 is 61.2 Å². The summed E-state index contributed by atoms with van der Waals surface area (Å²) in [6.45, 7) is 12.1. The summed E-state index contributed by atoms with van der Waals surface area (Å²) in [7, 11) is 0. The van der Waals surface area contributed by atoms with Gasteiger partial charge in [0.1, 0.15) is 28.8 Å². The van der Waals surface area contributed by atoms with Crippen molar-refractivity contribution in [2.75, 3.05) is 63.8 Å². The van der Waals surface area contributed by atoms with Crippen LogP contribution in [-0.4, -0.2) is 133 Å². The van der Waals surface area contributed by atoms with E-state index >= 15 is 0 Å². The van der Waals surface area contributed by atoms with E-state index in [1.165, 1.54) is 36.9 Å². The van der Waals surface area contributed by atoms with Crippen LogP contribution in [0.1, 0.15) is 64.1 Å². The number of carboxylic acids is 1. The smallest absolute Gasteiger partial charge is 0.410 e. The molecule has 0 aliphatic carbocycles. The molecular weight excluding hydrogens is 1100 g/mol. The Bertz CT molecular complexity index is 3610. The average molecular weight is 1150 g/mol. The number of fused-ring (bicyclic) bond motifs is 2. The number of hydrogen-bond acceptors (Lipinski definition) is 18. The second-order valence-corrected chi connectivity index (χ2v) is 20.3. The topological polar surface area (TPSA) is 325 Å². The lowest BCUT2D eigenvalue weighted by Crippen LogP contribution is -2.48. The number of nitrogen functional groups attached to an aromatic ring is 2. The van der Waals surface area contributed by atoms with E-state index in [0.29, 0.717) is 91.2 Å². The van der Waals surface area contributed by atoms with Crippen LogP contribution < -0.4 is 32.7 Å². The Kier molecular flexibility index (Phi) is 19.6. The number of nitrogens with two attached hydrogens (primary N) is 2. The molecule has 23 nitrogen and oxygen atoms in total. The van der Waals surface area contributed by atoms with E-state index in [0.717, 1.165) is 55.8 Å². The highest BCUT2D eigenvalue weighted by Gasteiger charge is 2.24. The maximum atomic E-state index is 12.7. The highest BCUT2D eigenvalue weighted by Crippen LogP contribution is 2.33. The third-order valence-corrected chi connectivity index (χ3v) is 12.6. The number of pyridine rings is 2. The number of furan rings is 2. The van der Waals surface area contributed by atoms with Gasteiger partial charge in [-0.2, -0.15) is 0 Å². The molecule has 0 bridgehead atoms. The first-order valence-corrected chi connectivity index (χ1v) is 26.5. The third kappa shape index (κ3) is 16.6. The summed E-state index contributed by atoms with van der Waals surface area (Å²) >= 11 is 12.8. The van der Waals surface area contributed by atoms with Crippen molar-refractivity contribution in [3.05, 3.63) is 154 Å². The summed E-state index contributed by atoms with van der Waals surface area (Å²) in [6, 6.07) is 17.4. The number of aromatic carboxylic acids is 1. The number of carboxylic acid groups (broad SMARTS) is 1. The molecule has 0 saturated carbocycles. The number of nitrogens with zero attached hydrogens (tertiary/aromatic N) is 8. The van der Waals surface area contributed by atoms with Crippen molar-refractivity contribution in [3.63, 3.8) is 0 Å². The van der Waals surface area contributed by atoms with Gasteiger partial charge in [-0.05, 0) is 105 Å². The van der Waals surface area contributed by atoms with E-state index in [1.807, 2.05) is 26.8 Å². The number of anilines is 2. The number of rotatable bonds is 12. The van der Waals surface area contributed by atoms with Crippen LogP contribution in [0.25, 0.3) is 56.9 Å². The fraction of sp³-hybridized carbons (Fsp3) is 0.246. The highest BCUT2D eigenvalue weighted by atomic mass is 35.5. The van der Waals surface area contributed by atoms with E-state index in [1.54, 1.807) is 88.9 Å². The van der Waals surface area contributed by atoms with Crippen molar-refractivity contribution >= 4 is 98.7 Å². The fourth-order valence-corrected chi connectivity index (χ4v) is 8.53. The van der Waals surface area contributed by atoms with E-state index in [4.69, 9.17) is 53.3 Å². The number of aromatic nitrogens is 6. The molecule has 10 rings (SSSR count). The Labute approximate surface area is 480 Å². The number of nitrogens with one attached hydrogen (secondary N) is 4. The van der Waals surface area contributed by atoms with Crippen LogP contribution in [-0.2, 0) is 27.4 Å². The standard InChI is InChI=1S/C26H24ClN7O3.C22H16ClN5O4.C9H18N2O2/c27-21-11-18(25-32-13-19(14-33-25)26(36)34-7-5-29-6-8-34)9-17-10-20(37-24(17)21)15-31-23(35)4-2-16-1-3-22(28)30-12-16;23-17-7-14(21-27-9-15(10-28-21)22(30)31)5-13-6-16(32-20(13)17)11-26-19(29)4-2-12-1-3-18(24)25-8-12;1-9(2,3)13-8(12)11-6-4-10-5-7-11/h1-4,9-14,29H,5-8,15H2,(H2,28,30)(H,31,35);1-10H,11H2,(H2,24,25)(H,26,29)(H,30,31);10H,4-7H2,1-3H3/b2*4-2+;. The van der Waals surface area contributed by atoms with Crippen LogP contribution in [0.5, 0.6) is 0 Å². The molecule has 0 radical (unpaired) electrons. The normalized spacial score (nSPS) is 13.5. The number of piperazine rings is 2. The van der Waals surface area contributed by atoms with Gasteiger partial charge in [-0.3, -0.25) is 14.4 Å². The van der Waals surface area contributed by atoms with Crippen molar-refractivity contribution in [1.82, 2.24) is 61.0 Å². The zero-order valence-electron chi connectivity index (χ0n) is 44.8. The summed E-state index contributed by atoms with van der Waals surface area (Å²) in [6.07, 6.45) is 14.5. The molecule has 2 aliphatic heterocycles. The molecule has 2 saturated heterocycles. The number of halogens is 2. The molecule has 4 amide bonds. The van der Waals surface area contributed by atoms with Crippen molar-refractivity contribution in [3.8, 4) is 22.8 Å². The van der Waals surface area contributed by atoms with Crippen LogP contribution in [0.15, 0.2) is 119 Å². The summed E-state index contributed by atoms with van der Waals surface area (Å²) in [5.74, 6) is 0.875. The van der Waals surface area contributed by atoms with Crippen LogP contribution in [0.4, 0.5) is 16.4 Å². The molecule has 0 atom stereocenters. The van der Waals surface area contributed by atoms with E-state index in [2.05, 4.69) is 51.2 Å². The Morgan fingerprint density at radius 1 is 0.622 bits per heavy atom. The quantitative estimate of drug-likeness (QED) is 0.0591. The Balaban J connectivity index is 0.000000178. The van der Waals surface area contributed by atoms with Gasteiger partial charge in [0.05, 0.1) is 34.3 Å². The molecule has 9 N–H and O–H groups in total. The number of hydrogen-bond donors (Lipinski definition) is 7. The Hall–Kier alpha value is -9.29. The molecule has 6 aromatic heterocycles. The second-order valence-electron chi connectivity index (χ2n) is 19.5. The minimum atomic E-state index is -1.11. The van der Waals surface area contributed by atoms with Gasteiger partial charge in [-0.25, -0.2) is 39.5 Å². The Morgan fingerprint density at radius 2 is 1.05 bits per heavy atom. The largest absolute Gasteiger partial charge is 0.478 e. The lowest BCUT2D eigenvalue weighted by atomic mass is 10.1. The summed E-state index contributed by atoms with van der Waals surface area (Å²) in [4.78, 5) is 87.8. The first kappa shape index (κ1) is 58.8. The lowest BCUT2D eigenvalue weighted by molar-refractivity contribution is -0.117. The molecule has 2 aromatic carbocycles. The predicted octanol–water partition coefficient (Wildman–Crippen LogP) is 7.27. The molecule has 0 unspecified atom stereocenters. The number of carbonyl (C=O) groups excluding carboxylic acids is 4. The zero-order chi connectivity index (χ0) is 58.3. The monoisotopic (exact) mass is 1150 g/mol. The third-order valence-electron chi connectivity index (χ3n) is 12.1. The van der Waals surface area contributed by atoms with Crippen molar-refractivity contribution in [2.45, 2.75) is 39.5 Å². The van der Waals surface area contributed by atoms with Gasteiger partial charge in [0.15, 0.2) is 22.8 Å². The lowest BCUT2D eigenvalue weighted by Gasteiger charge is -2.30. The van der Waals surface area contributed by atoms with Crippen molar-refractivity contribution in [2.24, 2.45) is 0 Å². The zero-order valence-corrected chi connectivity index (χ0v) is 46.3. The van der Waals surface area contributed by atoms with Gasteiger partial charge in [-0.1, -0.05) is 23.2 Å². The maximum Gasteiger partial charge on any atom is 0.410 e. The minimum absolute atomic E-state index is 0.0102. The summed E-state index contributed by atoms with van der Waals surface area (Å²) in [5.41, 5.74) is 14.9. The van der Waals surface area contributed by atoms with Gasteiger partial charge in [0, 0.05) is 124 Å². The van der Waals surface area contributed by atoms with Crippen LogP contribution >= 0.6 is 23.2 Å². The van der Waals surface area contributed by atoms with Gasteiger partial charge in [-0.15, -0.1) is 0 Å². The van der Waals surface area contributed by atoms with E-state index < -0.39 is 5.97 Å². The molecule has 424 valence electrons. The van der Waals surface area contributed by atoms with Crippen LogP contribution in [0, 0.1) is 0 Å². The van der Waals surface area contributed by atoms with Gasteiger partial charge in [0.25, 0.3) is 5.91 Å². The average Bonchev–Trinajstić information content (AvgIpc) is 4.24. The fourth-order valence-electron chi connectivity index (χ4n) is 8.00. The molecule has 82 heavy (non-hydrogen) atoms. The van der Waals surface area contributed by atoms with Gasteiger partial charge >= 0.3 is 12.1 Å². The number of amides is 4. The van der Waals surface area contributed by atoms with Crippen molar-refractivity contribution in [1.29, 1.82) is 0 Å². The number of ether oxygens (including phenoxy) is 1. The first-order valence-electron chi connectivity index (χ1n) is 25.7. The summed E-state index contributed by atoms with van der Waals surface area (Å²) in [5, 5.41) is 23.1. The minimum Gasteiger partial charge on any atom is -0.478 e. The van der Waals surface area contributed by atoms with Gasteiger partial charge in [0.2, 0.25) is 11.8 Å². The summed E-state index contributed by atoms with van der Waals surface area (Å²) < 4.78 is 16.8. The Morgan fingerprint density at radius 3 is 1.45 bits per heavy atom. The predicted molar refractivity (Wildman–Crippen MR) is 310 cm³/mol. The highest BCUT2D eigenvalue weighted by molar-refractivity contribution is 6.35. The SMILES string of the molecule is CC(C)(C)OC(=O)N1CCNCC1.Nc1ccc(/C=C/C(=O)NCc2cc3cc(-c4ncc(C(=O)N5CCNCC5)cn4)cc(Cl)c3o2)cn1.Nc1ccc(/C=C/C(=O)NCc2cc3cc(-c4ncc(C(=O)O)cn4)cc(Cl)c3o2)cn1. The number of carbonyl (C=O) groups is 5. The molecule has 25 heteroatoms. The molecular formula is C57H58Cl2N14O9. The second kappa shape index (κ2) is 27.2. The molecule has 2 aliphatic rings. The van der Waals surface area contributed by atoms with E-state index in [9.17, 15) is 24.0 Å². The van der Waals surface area contributed by atoms with Crippen LogP contribution in [0.2, 0.25) is 10.0 Å². The van der Waals surface area contributed by atoms with E-state index in [-0.39, 0.29) is 48.1 Å². The number of benzene rings is 2. The van der Waals surface area contributed by atoms with Crippen LogP contribution in [0.3, 0.4) is 0 Å². The maximum absolute atomic E-state index is 12.7. The molecule has 0 spiro atoms. The molecule has 8 heterocycles.